The average Bonchev–Trinajstić information content (AvgIpc) is 2.40. The summed E-state index contributed by atoms with van der Waals surface area (Å²) in [7, 11) is 0. The van der Waals surface area contributed by atoms with Crippen LogP contribution in [0.4, 0.5) is 0 Å². The van der Waals surface area contributed by atoms with E-state index in [1.807, 2.05) is 6.08 Å². The molecule has 0 saturated carbocycles. The molecule has 0 unspecified atom stereocenters. The van der Waals surface area contributed by atoms with Crippen LogP contribution < -0.4 is 0 Å². The lowest BCUT2D eigenvalue weighted by atomic mass is 10.1. The lowest BCUT2D eigenvalue weighted by molar-refractivity contribution is -0.110. The fourth-order valence-electron chi connectivity index (χ4n) is 1.59. The summed E-state index contributed by atoms with van der Waals surface area (Å²) in [5, 5.41) is 18.5. The number of hydrogen-bond acceptors (Lipinski definition) is 3. The fraction of sp³-hybridized carbons (Fsp3) is 0.312. The van der Waals surface area contributed by atoms with Crippen LogP contribution in [0, 0.1) is 0 Å². The molecule has 0 bridgehead atoms. The first kappa shape index (κ1) is 15.0. The molecule has 0 spiro atoms. The summed E-state index contributed by atoms with van der Waals surface area (Å²) >= 11 is 0. The normalized spacial score (nSPS) is 11.4. The van der Waals surface area contributed by atoms with E-state index in [2.05, 4.69) is 6.92 Å². The zero-order valence-electron chi connectivity index (χ0n) is 11.2. The highest BCUT2D eigenvalue weighted by molar-refractivity contribution is 6.01. The maximum atomic E-state index is 11.5. The molecular formula is C16H20O3. The van der Waals surface area contributed by atoms with Gasteiger partial charge in [-0.05, 0) is 42.7 Å². The van der Waals surface area contributed by atoms with Crippen molar-refractivity contribution in [3.05, 3.63) is 42.0 Å². The Kier molecular flexibility index (Phi) is 6.44. The summed E-state index contributed by atoms with van der Waals surface area (Å²) in [6.07, 6.45) is 10.9. The van der Waals surface area contributed by atoms with Gasteiger partial charge in [0, 0.05) is 0 Å². The van der Waals surface area contributed by atoms with Crippen molar-refractivity contribution < 1.29 is 15.0 Å². The second-order valence-electron chi connectivity index (χ2n) is 4.38. The average molecular weight is 260 g/mol. The van der Waals surface area contributed by atoms with E-state index in [4.69, 9.17) is 5.11 Å². The van der Waals surface area contributed by atoms with Crippen molar-refractivity contribution in [3.63, 3.8) is 0 Å². The molecule has 1 rings (SSSR count). The number of carbonyl (C=O) groups excluding carboxylic acids is 1. The van der Waals surface area contributed by atoms with Gasteiger partial charge in [0.1, 0.15) is 0 Å². The number of benzene rings is 1. The first-order chi connectivity index (χ1) is 9.13. The summed E-state index contributed by atoms with van der Waals surface area (Å²) in [6, 6.07) is 4.42. The summed E-state index contributed by atoms with van der Waals surface area (Å²) in [4.78, 5) is 11.5. The Balaban J connectivity index is 2.47. The second kappa shape index (κ2) is 8.14. The van der Waals surface area contributed by atoms with Crippen molar-refractivity contribution in [2.75, 3.05) is 0 Å². The molecule has 0 aliphatic rings. The third kappa shape index (κ3) is 5.91. The van der Waals surface area contributed by atoms with Gasteiger partial charge in [-0.1, -0.05) is 38.0 Å². The molecule has 2 N–H and O–H groups in total. The van der Waals surface area contributed by atoms with Crippen LogP contribution in [-0.4, -0.2) is 16.0 Å². The van der Waals surface area contributed by atoms with Gasteiger partial charge in [0.25, 0.3) is 0 Å². The van der Waals surface area contributed by atoms with Crippen LogP contribution >= 0.6 is 0 Å². The number of unbranched alkanes of at least 4 members (excludes halogenated alkanes) is 3. The summed E-state index contributed by atoms with van der Waals surface area (Å²) in [6.45, 7) is 2.14. The second-order valence-corrected chi connectivity index (χ2v) is 4.38. The third-order valence-electron chi connectivity index (χ3n) is 2.70. The Morgan fingerprint density at radius 1 is 1.16 bits per heavy atom. The van der Waals surface area contributed by atoms with Crippen LogP contribution in [0.5, 0.6) is 11.5 Å². The lowest BCUT2D eigenvalue weighted by Crippen LogP contribution is -1.85. The van der Waals surface area contributed by atoms with Gasteiger partial charge in [0.15, 0.2) is 17.3 Å². The van der Waals surface area contributed by atoms with Gasteiger partial charge in [-0.25, -0.2) is 0 Å². The molecule has 0 atom stereocenters. The third-order valence-corrected chi connectivity index (χ3v) is 2.70. The molecule has 0 aromatic heterocycles. The molecule has 0 saturated heterocycles. The number of allylic oxidation sites excluding steroid dienone is 3. The van der Waals surface area contributed by atoms with E-state index in [1.165, 1.54) is 31.1 Å². The Hall–Kier alpha value is -2.03. The topological polar surface area (TPSA) is 57.5 Å². The first-order valence-corrected chi connectivity index (χ1v) is 6.54. The molecule has 0 heterocycles. The van der Waals surface area contributed by atoms with E-state index in [0.717, 1.165) is 12.8 Å². The van der Waals surface area contributed by atoms with Crippen LogP contribution in [0.1, 0.15) is 38.2 Å². The Bertz CT molecular complexity index is 473. The highest BCUT2D eigenvalue weighted by atomic mass is 16.3. The number of phenolic OH excluding ortho intramolecular Hbond substituents is 2. The molecule has 1 aromatic carbocycles. The molecule has 1 aromatic rings. The van der Waals surface area contributed by atoms with E-state index in [1.54, 1.807) is 18.2 Å². The molecule has 0 fully saturated rings. The highest BCUT2D eigenvalue weighted by Crippen LogP contribution is 2.25. The van der Waals surface area contributed by atoms with E-state index in [-0.39, 0.29) is 17.3 Å². The fourth-order valence-corrected chi connectivity index (χ4v) is 1.59. The maximum absolute atomic E-state index is 11.5. The maximum Gasteiger partial charge on any atom is 0.178 e. The van der Waals surface area contributed by atoms with E-state index >= 15 is 0 Å². The van der Waals surface area contributed by atoms with Gasteiger partial charge in [0.05, 0.1) is 0 Å². The zero-order chi connectivity index (χ0) is 14.1. The van der Waals surface area contributed by atoms with Crippen molar-refractivity contribution in [1.82, 2.24) is 0 Å². The predicted octanol–water partition coefficient (Wildman–Crippen LogP) is 3.82. The Morgan fingerprint density at radius 3 is 2.63 bits per heavy atom. The minimum atomic E-state index is -0.190. The molecule has 3 heteroatoms. The van der Waals surface area contributed by atoms with E-state index in [9.17, 15) is 9.90 Å². The number of aromatic hydroxyl groups is 2. The molecule has 19 heavy (non-hydrogen) atoms. The number of phenols is 2. The van der Waals surface area contributed by atoms with Gasteiger partial charge in [0.2, 0.25) is 0 Å². The first-order valence-electron chi connectivity index (χ1n) is 6.54. The van der Waals surface area contributed by atoms with E-state index < -0.39 is 0 Å². The number of carbonyl (C=O) groups is 1. The summed E-state index contributed by atoms with van der Waals surface area (Å²) < 4.78 is 0. The van der Waals surface area contributed by atoms with Crippen molar-refractivity contribution >= 4 is 11.9 Å². The predicted molar refractivity (Wildman–Crippen MR) is 77.1 cm³/mol. The van der Waals surface area contributed by atoms with Crippen LogP contribution in [0.25, 0.3) is 6.08 Å². The van der Waals surface area contributed by atoms with Gasteiger partial charge < -0.3 is 10.2 Å². The van der Waals surface area contributed by atoms with Crippen LogP contribution in [0.15, 0.2) is 36.4 Å². The Morgan fingerprint density at radius 2 is 1.95 bits per heavy atom. The number of ketones is 1. The van der Waals surface area contributed by atoms with E-state index in [0.29, 0.717) is 5.56 Å². The standard InChI is InChI=1S/C16H20O3/c1-2-3-4-5-6-7-14(17)10-8-13-9-11-15(18)16(19)12-13/h6-12,18-19H,2-5H2,1H3/b7-6+,10-8+. The molecule has 0 aliphatic carbocycles. The molecule has 0 aliphatic heterocycles. The molecule has 3 nitrogen and oxygen atoms in total. The molecule has 0 radical (unpaired) electrons. The molecule has 102 valence electrons. The van der Waals surface area contributed by atoms with Crippen LogP contribution in [0.2, 0.25) is 0 Å². The van der Waals surface area contributed by atoms with Crippen LogP contribution in [-0.2, 0) is 4.79 Å². The van der Waals surface area contributed by atoms with Crippen molar-refractivity contribution in [2.45, 2.75) is 32.6 Å². The quantitative estimate of drug-likeness (QED) is 0.445. The molecular weight excluding hydrogens is 240 g/mol. The monoisotopic (exact) mass is 260 g/mol. The minimum Gasteiger partial charge on any atom is -0.504 e. The molecule has 0 amide bonds. The van der Waals surface area contributed by atoms with Crippen molar-refractivity contribution in [1.29, 1.82) is 0 Å². The number of hydrogen-bond donors (Lipinski definition) is 2. The van der Waals surface area contributed by atoms with Gasteiger partial charge in [-0.3, -0.25) is 4.79 Å². The minimum absolute atomic E-state index is 0.0796. The van der Waals surface area contributed by atoms with Crippen LogP contribution in [0.3, 0.4) is 0 Å². The van der Waals surface area contributed by atoms with Crippen molar-refractivity contribution in [2.24, 2.45) is 0 Å². The van der Waals surface area contributed by atoms with Gasteiger partial charge >= 0.3 is 0 Å². The van der Waals surface area contributed by atoms with Gasteiger partial charge in [-0.2, -0.15) is 0 Å². The van der Waals surface area contributed by atoms with Gasteiger partial charge in [-0.15, -0.1) is 0 Å². The smallest absolute Gasteiger partial charge is 0.178 e. The lowest BCUT2D eigenvalue weighted by Gasteiger charge is -1.97. The zero-order valence-corrected chi connectivity index (χ0v) is 11.2. The SMILES string of the molecule is CCCCC/C=C/C(=O)/C=C/c1ccc(O)c(O)c1. The summed E-state index contributed by atoms with van der Waals surface area (Å²) in [5.41, 5.74) is 0.669. The summed E-state index contributed by atoms with van der Waals surface area (Å²) in [5.74, 6) is -0.437. The highest BCUT2D eigenvalue weighted by Gasteiger charge is 1.98. The largest absolute Gasteiger partial charge is 0.504 e. The number of rotatable bonds is 7. The van der Waals surface area contributed by atoms with Crippen molar-refractivity contribution in [3.8, 4) is 11.5 Å². The Labute approximate surface area is 113 Å².